The van der Waals surface area contributed by atoms with Gasteiger partial charge in [-0.1, -0.05) is 19.1 Å². The van der Waals surface area contributed by atoms with Gasteiger partial charge < -0.3 is 10.1 Å². The van der Waals surface area contributed by atoms with E-state index in [1.807, 2.05) is 12.1 Å². The van der Waals surface area contributed by atoms with Gasteiger partial charge in [0.2, 0.25) is 0 Å². The lowest BCUT2D eigenvalue weighted by atomic mass is 9.81. The second kappa shape index (κ2) is 7.02. The standard InChI is InChI=1S/C16H23F2NO/c1-11-9-14(10-11)19-12(2)3-4-13-5-7-15(8-6-13)20-16(17)18/h5-8,11-12,14,16,19H,3-4,9-10H2,1-2H3. The molecular weight excluding hydrogens is 260 g/mol. The molecule has 0 aliphatic heterocycles. The van der Waals surface area contributed by atoms with Gasteiger partial charge in [-0.3, -0.25) is 0 Å². The van der Waals surface area contributed by atoms with Gasteiger partial charge in [-0.05, 0) is 56.2 Å². The first-order valence-corrected chi connectivity index (χ1v) is 7.32. The largest absolute Gasteiger partial charge is 0.435 e. The minimum Gasteiger partial charge on any atom is -0.435 e. The number of alkyl halides is 2. The lowest BCUT2D eigenvalue weighted by Gasteiger charge is -2.35. The van der Waals surface area contributed by atoms with E-state index in [4.69, 9.17) is 0 Å². The summed E-state index contributed by atoms with van der Waals surface area (Å²) in [6.07, 6.45) is 4.57. The van der Waals surface area contributed by atoms with Crippen LogP contribution in [0.2, 0.25) is 0 Å². The van der Waals surface area contributed by atoms with Crippen LogP contribution < -0.4 is 10.1 Å². The van der Waals surface area contributed by atoms with Crippen LogP contribution in [0.5, 0.6) is 5.75 Å². The predicted molar refractivity (Wildman–Crippen MR) is 76.2 cm³/mol. The fraction of sp³-hybridized carbons (Fsp3) is 0.625. The molecule has 2 rings (SSSR count). The highest BCUT2D eigenvalue weighted by atomic mass is 19.3. The van der Waals surface area contributed by atoms with E-state index < -0.39 is 6.61 Å². The molecular formula is C16H23F2NO. The lowest BCUT2D eigenvalue weighted by molar-refractivity contribution is -0.0498. The third-order valence-electron chi connectivity index (χ3n) is 3.91. The van der Waals surface area contributed by atoms with Crippen molar-refractivity contribution in [3.05, 3.63) is 29.8 Å². The summed E-state index contributed by atoms with van der Waals surface area (Å²) in [6.45, 7) is 1.73. The van der Waals surface area contributed by atoms with Crippen LogP contribution in [0.1, 0.15) is 38.7 Å². The molecule has 1 N–H and O–H groups in total. The fourth-order valence-corrected chi connectivity index (χ4v) is 2.74. The Balaban J connectivity index is 1.70. The second-order valence-corrected chi connectivity index (χ2v) is 5.90. The molecule has 0 aromatic heterocycles. The molecule has 0 heterocycles. The number of nitrogens with one attached hydrogen (secondary N) is 1. The van der Waals surface area contributed by atoms with Gasteiger partial charge in [-0.15, -0.1) is 0 Å². The summed E-state index contributed by atoms with van der Waals surface area (Å²) >= 11 is 0. The van der Waals surface area contributed by atoms with Crippen molar-refractivity contribution < 1.29 is 13.5 Å². The summed E-state index contributed by atoms with van der Waals surface area (Å²) in [5.74, 6) is 1.08. The first-order valence-electron chi connectivity index (χ1n) is 7.32. The molecule has 112 valence electrons. The molecule has 20 heavy (non-hydrogen) atoms. The molecule has 0 spiro atoms. The monoisotopic (exact) mass is 283 g/mol. The van der Waals surface area contributed by atoms with Gasteiger partial charge in [0, 0.05) is 12.1 Å². The van der Waals surface area contributed by atoms with Crippen molar-refractivity contribution in [1.29, 1.82) is 0 Å². The van der Waals surface area contributed by atoms with E-state index in [0.29, 0.717) is 12.1 Å². The predicted octanol–water partition coefficient (Wildman–Crippen LogP) is 4.00. The highest BCUT2D eigenvalue weighted by molar-refractivity contribution is 5.27. The second-order valence-electron chi connectivity index (χ2n) is 5.90. The van der Waals surface area contributed by atoms with E-state index in [2.05, 4.69) is 23.9 Å². The SMILES string of the molecule is CC1CC(NC(C)CCc2ccc(OC(F)F)cc2)C1. The Morgan fingerprint density at radius 3 is 2.45 bits per heavy atom. The number of ether oxygens (including phenoxy) is 1. The zero-order valence-corrected chi connectivity index (χ0v) is 12.1. The molecule has 1 atom stereocenters. The fourth-order valence-electron chi connectivity index (χ4n) is 2.74. The van der Waals surface area contributed by atoms with Crippen molar-refractivity contribution in [3.8, 4) is 5.75 Å². The number of rotatable bonds is 7. The topological polar surface area (TPSA) is 21.3 Å². The summed E-state index contributed by atoms with van der Waals surface area (Å²) < 4.78 is 28.4. The Kier molecular flexibility index (Phi) is 5.35. The normalized spacial score (nSPS) is 23.4. The number of aryl methyl sites for hydroxylation is 1. The maximum atomic E-state index is 12.0. The molecule has 4 heteroatoms. The summed E-state index contributed by atoms with van der Waals surface area (Å²) in [5.41, 5.74) is 1.15. The first kappa shape index (κ1) is 15.2. The Labute approximate surface area is 119 Å². The molecule has 1 aliphatic carbocycles. The number of halogens is 2. The Morgan fingerprint density at radius 1 is 1.25 bits per heavy atom. The maximum absolute atomic E-state index is 12.0. The number of hydrogen-bond acceptors (Lipinski definition) is 2. The van der Waals surface area contributed by atoms with Crippen LogP contribution in [0, 0.1) is 5.92 Å². The quantitative estimate of drug-likeness (QED) is 0.816. The van der Waals surface area contributed by atoms with Crippen molar-refractivity contribution >= 4 is 0 Å². The molecule has 1 aliphatic rings. The van der Waals surface area contributed by atoms with Crippen molar-refractivity contribution in [2.24, 2.45) is 5.92 Å². The van der Waals surface area contributed by atoms with Crippen molar-refractivity contribution in [1.82, 2.24) is 5.32 Å². The van der Waals surface area contributed by atoms with E-state index in [1.165, 1.54) is 12.8 Å². The van der Waals surface area contributed by atoms with Gasteiger partial charge >= 0.3 is 6.61 Å². The molecule has 1 aromatic rings. The number of benzene rings is 1. The van der Waals surface area contributed by atoms with Crippen LogP contribution in [0.4, 0.5) is 8.78 Å². The summed E-state index contributed by atoms with van der Waals surface area (Å²) in [5, 5.41) is 3.63. The Morgan fingerprint density at radius 2 is 1.90 bits per heavy atom. The molecule has 0 amide bonds. The van der Waals surface area contributed by atoms with E-state index in [-0.39, 0.29) is 5.75 Å². The highest BCUT2D eigenvalue weighted by Gasteiger charge is 2.25. The number of hydrogen-bond donors (Lipinski definition) is 1. The molecule has 1 aromatic carbocycles. The van der Waals surface area contributed by atoms with Crippen molar-refractivity contribution in [3.63, 3.8) is 0 Å². The summed E-state index contributed by atoms with van der Waals surface area (Å²) in [6, 6.07) is 8.10. The van der Waals surface area contributed by atoms with Gasteiger partial charge in [0.05, 0.1) is 0 Å². The third-order valence-corrected chi connectivity index (χ3v) is 3.91. The first-order chi connectivity index (χ1) is 9.52. The zero-order valence-electron chi connectivity index (χ0n) is 12.1. The van der Waals surface area contributed by atoms with Gasteiger partial charge in [0.15, 0.2) is 0 Å². The molecule has 1 unspecified atom stereocenters. The van der Waals surface area contributed by atoms with Crippen molar-refractivity contribution in [2.75, 3.05) is 0 Å². The van der Waals surface area contributed by atoms with Gasteiger partial charge in [0.25, 0.3) is 0 Å². The maximum Gasteiger partial charge on any atom is 0.387 e. The highest BCUT2D eigenvalue weighted by Crippen LogP contribution is 2.27. The lowest BCUT2D eigenvalue weighted by Crippen LogP contribution is -2.44. The average molecular weight is 283 g/mol. The molecule has 1 fully saturated rings. The van der Waals surface area contributed by atoms with Crippen LogP contribution in [0.25, 0.3) is 0 Å². The average Bonchev–Trinajstić information content (AvgIpc) is 2.35. The molecule has 2 nitrogen and oxygen atoms in total. The van der Waals surface area contributed by atoms with Crippen LogP contribution in [-0.4, -0.2) is 18.7 Å². The van der Waals surface area contributed by atoms with E-state index in [0.717, 1.165) is 24.3 Å². The third kappa shape index (κ3) is 4.75. The van der Waals surface area contributed by atoms with Crippen LogP contribution in [0.3, 0.4) is 0 Å². The minimum atomic E-state index is -2.75. The van der Waals surface area contributed by atoms with Crippen LogP contribution in [-0.2, 0) is 6.42 Å². The van der Waals surface area contributed by atoms with Gasteiger partial charge in [-0.2, -0.15) is 8.78 Å². The zero-order chi connectivity index (χ0) is 14.5. The van der Waals surface area contributed by atoms with Crippen LogP contribution in [0.15, 0.2) is 24.3 Å². The van der Waals surface area contributed by atoms with E-state index >= 15 is 0 Å². The Hall–Kier alpha value is -1.16. The summed E-state index contributed by atoms with van der Waals surface area (Å²) in [7, 11) is 0. The van der Waals surface area contributed by atoms with Crippen LogP contribution >= 0.6 is 0 Å². The van der Waals surface area contributed by atoms with Crippen molar-refractivity contribution in [2.45, 2.75) is 58.2 Å². The van der Waals surface area contributed by atoms with Gasteiger partial charge in [0.1, 0.15) is 5.75 Å². The van der Waals surface area contributed by atoms with Gasteiger partial charge in [-0.25, -0.2) is 0 Å². The molecule has 0 saturated heterocycles. The van der Waals surface area contributed by atoms with E-state index in [9.17, 15) is 8.78 Å². The molecule has 1 saturated carbocycles. The smallest absolute Gasteiger partial charge is 0.387 e. The minimum absolute atomic E-state index is 0.221. The summed E-state index contributed by atoms with van der Waals surface area (Å²) in [4.78, 5) is 0. The van der Waals surface area contributed by atoms with E-state index in [1.54, 1.807) is 12.1 Å². The molecule has 0 radical (unpaired) electrons. The molecule has 0 bridgehead atoms. The Bertz CT molecular complexity index is 401.